The molecule has 0 aromatic heterocycles. The van der Waals surface area contributed by atoms with Crippen molar-refractivity contribution >= 4 is 21.7 Å². The molecule has 7 heteroatoms. The van der Waals surface area contributed by atoms with Crippen LogP contribution in [0.3, 0.4) is 0 Å². The van der Waals surface area contributed by atoms with Gasteiger partial charge in [0.15, 0.2) is 9.84 Å². The summed E-state index contributed by atoms with van der Waals surface area (Å²) >= 11 is 0. The molecule has 6 nitrogen and oxygen atoms in total. The molecular formula is C15H21NO5S. The molecule has 0 spiro atoms. The predicted octanol–water partition coefficient (Wildman–Crippen LogP) is 1.01. The Morgan fingerprint density at radius 1 is 1.18 bits per heavy atom. The number of hydrogen-bond acceptors (Lipinski definition) is 4. The lowest BCUT2D eigenvalue weighted by atomic mass is 10.1. The van der Waals surface area contributed by atoms with Gasteiger partial charge in [-0.15, -0.1) is 0 Å². The Morgan fingerprint density at radius 2 is 1.77 bits per heavy atom. The van der Waals surface area contributed by atoms with Gasteiger partial charge in [0.2, 0.25) is 5.91 Å². The smallest absolute Gasteiger partial charge is 0.328 e. The molecule has 0 aliphatic heterocycles. The van der Waals surface area contributed by atoms with Crippen molar-refractivity contribution in [2.24, 2.45) is 0 Å². The van der Waals surface area contributed by atoms with Crippen LogP contribution < -0.4 is 5.32 Å². The molecule has 0 radical (unpaired) electrons. The number of aryl methyl sites for hydroxylation is 1. The molecule has 122 valence electrons. The Hall–Kier alpha value is -1.89. The van der Waals surface area contributed by atoms with Crippen molar-refractivity contribution < 1.29 is 23.1 Å². The van der Waals surface area contributed by atoms with E-state index in [1.807, 2.05) is 30.3 Å². The number of rotatable bonds is 8. The molecule has 0 saturated heterocycles. The second-order valence-corrected chi connectivity index (χ2v) is 7.84. The molecule has 1 aromatic rings. The first-order valence-corrected chi connectivity index (χ1v) is 8.73. The first-order chi connectivity index (χ1) is 10.1. The zero-order chi connectivity index (χ0) is 16.8. The number of benzene rings is 1. The van der Waals surface area contributed by atoms with Gasteiger partial charge in [-0.1, -0.05) is 30.3 Å². The highest BCUT2D eigenvalue weighted by atomic mass is 32.2. The molecule has 0 unspecified atom stereocenters. The van der Waals surface area contributed by atoms with Crippen LogP contribution in [0.15, 0.2) is 30.3 Å². The van der Waals surface area contributed by atoms with Crippen molar-refractivity contribution in [1.29, 1.82) is 0 Å². The molecule has 0 bridgehead atoms. The number of carboxylic acid groups (broad SMARTS) is 1. The Bertz CT molecular complexity index is 623. The molecular weight excluding hydrogens is 306 g/mol. The summed E-state index contributed by atoms with van der Waals surface area (Å²) < 4.78 is 23.8. The van der Waals surface area contributed by atoms with E-state index in [0.717, 1.165) is 5.56 Å². The Balaban J connectivity index is 2.47. The fourth-order valence-corrected chi connectivity index (χ4v) is 3.05. The quantitative estimate of drug-likeness (QED) is 0.742. The van der Waals surface area contributed by atoms with E-state index in [4.69, 9.17) is 5.11 Å². The van der Waals surface area contributed by atoms with Crippen molar-refractivity contribution in [2.45, 2.75) is 32.2 Å². The summed E-state index contributed by atoms with van der Waals surface area (Å²) in [5.74, 6) is -2.82. The lowest BCUT2D eigenvalue weighted by Gasteiger charge is -2.20. The molecule has 2 N–H and O–H groups in total. The summed E-state index contributed by atoms with van der Waals surface area (Å²) in [7, 11) is -3.55. The van der Waals surface area contributed by atoms with E-state index >= 15 is 0 Å². The zero-order valence-corrected chi connectivity index (χ0v) is 13.5. The lowest BCUT2D eigenvalue weighted by molar-refractivity contribution is -0.145. The number of hydrogen-bond donors (Lipinski definition) is 2. The van der Waals surface area contributed by atoms with Gasteiger partial charge < -0.3 is 10.4 Å². The lowest BCUT2D eigenvalue weighted by Crippen LogP contribution is -2.51. The van der Waals surface area contributed by atoms with E-state index < -0.39 is 33.0 Å². The van der Waals surface area contributed by atoms with Gasteiger partial charge in [0, 0.05) is 0 Å². The van der Waals surface area contributed by atoms with Gasteiger partial charge in [0.1, 0.15) is 11.3 Å². The summed E-state index contributed by atoms with van der Waals surface area (Å²) in [5.41, 5.74) is -0.453. The minimum Gasteiger partial charge on any atom is -0.480 e. The Morgan fingerprint density at radius 3 is 2.32 bits per heavy atom. The van der Waals surface area contributed by atoms with E-state index in [9.17, 15) is 18.0 Å². The summed E-state index contributed by atoms with van der Waals surface area (Å²) in [6.07, 6.45) is 1.03. The number of amides is 1. The van der Waals surface area contributed by atoms with E-state index in [1.54, 1.807) is 0 Å². The standard InChI is InChI=1S/C15H21NO5S/c1-15(2,14(18)19)16-13(17)11-22(20,21)10-6-9-12-7-4-3-5-8-12/h3-5,7-8H,6,9-11H2,1-2H3,(H,16,17)(H,18,19). The highest BCUT2D eigenvalue weighted by Crippen LogP contribution is 2.06. The van der Waals surface area contributed by atoms with Crippen LogP contribution in [0.4, 0.5) is 0 Å². The van der Waals surface area contributed by atoms with Crippen molar-refractivity contribution in [2.75, 3.05) is 11.5 Å². The average Bonchev–Trinajstić information content (AvgIpc) is 2.37. The van der Waals surface area contributed by atoms with Crippen LogP contribution >= 0.6 is 0 Å². The van der Waals surface area contributed by atoms with Crippen LogP contribution in [0.1, 0.15) is 25.8 Å². The maximum absolute atomic E-state index is 11.9. The number of aliphatic carboxylic acids is 1. The molecule has 22 heavy (non-hydrogen) atoms. The van der Waals surface area contributed by atoms with E-state index in [1.165, 1.54) is 13.8 Å². The summed E-state index contributed by atoms with van der Waals surface area (Å²) in [5, 5.41) is 11.1. The highest BCUT2D eigenvalue weighted by molar-refractivity contribution is 7.92. The fourth-order valence-electron chi connectivity index (χ4n) is 1.85. The molecule has 0 heterocycles. The fraction of sp³-hybridized carbons (Fsp3) is 0.467. The third-order valence-electron chi connectivity index (χ3n) is 3.10. The van der Waals surface area contributed by atoms with Gasteiger partial charge in [-0.3, -0.25) is 4.79 Å². The molecule has 0 aliphatic carbocycles. The largest absolute Gasteiger partial charge is 0.480 e. The van der Waals surface area contributed by atoms with Crippen molar-refractivity contribution in [3.63, 3.8) is 0 Å². The van der Waals surface area contributed by atoms with Crippen LogP contribution in [-0.4, -0.2) is 42.4 Å². The monoisotopic (exact) mass is 327 g/mol. The van der Waals surface area contributed by atoms with E-state index in [2.05, 4.69) is 5.32 Å². The molecule has 0 atom stereocenters. The topological polar surface area (TPSA) is 101 Å². The summed E-state index contributed by atoms with van der Waals surface area (Å²) in [6, 6.07) is 9.47. The van der Waals surface area contributed by atoms with Crippen molar-refractivity contribution in [3.8, 4) is 0 Å². The van der Waals surface area contributed by atoms with Gasteiger partial charge in [0.25, 0.3) is 0 Å². The third kappa shape index (κ3) is 6.26. The first kappa shape index (κ1) is 18.2. The van der Waals surface area contributed by atoms with E-state index in [-0.39, 0.29) is 5.75 Å². The molecule has 1 amide bonds. The van der Waals surface area contributed by atoms with Gasteiger partial charge >= 0.3 is 5.97 Å². The molecule has 1 aromatic carbocycles. The number of sulfone groups is 1. The highest BCUT2D eigenvalue weighted by Gasteiger charge is 2.30. The molecule has 0 aliphatic rings. The van der Waals surface area contributed by atoms with Crippen LogP contribution in [0.2, 0.25) is 0 Å². The van der Waals surface area contributed by atoms with Gasteiger partial charge in [-0.05, 0) is 32.3 Å². The van der Waals surface area contributed by atoms with Gasteiger partial charge in [-0.2, -0.15) is 0 Å². The molecule has 0 saturated carbocycles. The third-order valence-corrected chi connectivity index (χ3v) is 4.71. The number of nitrogens with one attached hydrogen (secondary N) is 1. The van der Waals surface area contributed by atoms with Gasteiger partial charge in [-0.25, -0.2) is 13.2 Å². The van der Waals surface area contributed by atoms with Crippen molar-refractivity contribution in [3.05, 3.63) is 35.9 Å². The minimum atomic E-state index is -3.55. The number of carboxylic acids is 1. The zero-order valence-electron chi connectivity index (χ0n) is 12.7. The van der Waals surface area contributed by atoms with E-state index in [0.29, 0.717) is 12.8 Å². The SMILES string of the molecule is CC(C)(NC(=O)CS(=O)(=O)CCCc1ccccc1)C(=O)O. The molecule has 1 rings (SSSR count). The van der Waals surface area contributed by atoms with Crippen LogP contribution in [-0.2, 0) is 25.8 Å². The van der Waals surface area contributed by atoms with Gasteiger partial charge in [0.05, 0.1) is 5.75 Å². The predicted molar refractivity (Wildman–Crippen MR) is 83.3 cm³/mol. The molecule has 0 fully saturated rings. The minimum absolute atomic E-state index is 0.108. The summed E-state index contributed by atoms with van der Waals surface area (Å²) in [6.45, 7) is 2.60. The van der Waals surface area contributed by atoms with Crippen LogP contribution in [0.25, 0.3) is 0 Å². The first-order valence-electron chi connectivity index (χ1n) is 6.91. The Kier molecular flexibility index (Phi) is 6.11. The van der Waals surface area contributed by atoms with Crippen LogP contribution in [0.5, 0.6) is 0 Å². The summed E-state index contributed by atoms with van der Waals surface area (Å²) in [4.78, 5) is 22.5. The number of carbonyl (C=O) groups excluding carboxylic acids is 1. The average molecular weight is 327 g/mol. The maximum Gasteiger partial charge on any atom is 0.328 e. The normalized spacial score (nSPS) is 11.9. The van der Waals surface area contributed by atoms with Crippen molar-refractivity contribution in [1.82, 2.24) is 5.32 Å². The second kappa shape index (κ2) is 7.40. The van der Waals surface area contributed by atoms with Crippen LogP contribution in [0, 0.1) is 0 Å². The number of carbonyl (C=O) groups is 2. The maximum atomic E-state index is 11.9. The second-order valence-electron chi connectivity index (χ2n) is 5.66. The Labute approximate surface area is 130 Å².